The van der Waals surface area contributed by atoms with E-state index in [1.165, 1.54) is 54.5 Å². The molecule has 1 aliphatic rings. The van der Waals surface area contributed by atoms with Crippen molar-refractivity contribution in [1.82, 2.24) is 23.7 Å². The number of rotatable bonds is 4. The highest BCUT2D eigenvalue weighted by molar-refractivity contribution is 6.13. The maximum absolute atomic E-state index is 5.71. The summed E-state index contributed by atoms with van der Waals surface area (Å²) < 4.78 is 7.15. The minimum absolute atomic E-state index is 0.237. The molecule has 0 N–H and O–H groups in total. The first-order valence-electron chi connectivity index (χ1n) is 20.9. The van der Waals surface area contributed by atoms with Crippen molar-refractivity contribution in [2.24, 2.45) is 0 Å². The van der Waals surface area contributed by atoms with Gasteiger partial charge < -0.3 is 9.13 Å². The molecule has 288 valence electrons. The Balaban J connectivity index is 1.12. The number of fused-ring (bicyclic) bond motifs is 11. The van der Waals surface area contributed by atoms with Crippen LogP contribution >= 0.6 is 0 Å². The van der Waals surface area contributed by atoms with Gasteiger partial charge in [0, 0.05) is 61.7 Å². The Morgan fingerprint density at radius 2 is 0.836 bits per heavy atom. The van der Waals surface area contributed by atoms with E-state index in [4.69, 9.17) is 9.97 Å². The van der Waals surface area contributed by atoms with Crippen LogP contribution in [0.15, 0.2) is 194 Å². The lowest BCUT2D eigenvalue weighted by molar-refractivity contribution is 0.630. The van der Waals surface area contributed by atoms with E-state index in [9.17, 15) is 0 Å². The lowest BCUT2D eigenvalue weighted by atomic mass is 9.74. The second-order valence-electron chi connectivity index (χ2n) is 16.7. The minimum atomic E-state index is -0.237. The van der Waals surface area contributed by atoms with Gasteiger partial charge in [-0.2, -0.15) is 0 Å². The number of anilines is 3. The van der Waals surface area contributed by atoms with Crippen LogP contribution in [0.2, 0.25) is 0 Å². The van der Waals surface area contributed by atoms with Crippen LogP contribution in [0.5, 0.6) is 0 Å². The predicted octanol–water partition coefficient (Wildman–Crippen LogP) is 13.9. The van der Waals surface area contributed by atoms with E-state index >= 15 is 0 Å². The van der Waals surface area contributed by atoms with Crippen molar-refractivity contribution in [3.05, 3.63) is 206 Å². The van der Waals surface area contributed by atoms with Crippen molar-refractivity contribution in [3.8, 4) is 17.2 Å². The van der Waals surface area contributed by atoms with Crippen LogP contribution in [0, 0.1) is 0 Å². The van der Waals surface area contributed by atoms with Crippen LogP contribution in [0.25, 0.3) is 82.6 Å². The highest BCUT2D eigenvalue weighted by Crippen LogP contribution is 2.51. The quantitative estimate of drug-likeness (QED) is 0.179. The molecule has 5 aromatic heterocycles. The molecule has 0 bridgehead atoms. The molecule has 0 saturated carbocycles. The van der Waals surface area contributed by atoms with Gasteiger partial charge >= 0.3 is 0 Å². The molecule has 0 spiro atoms. The molecule has 0 radical (unpaired) electrons. The van der Waals surface area contributed by atoms with Gasteiger partial charge in [-0.05, 0) is 71.8 Å². The molecule has 6 heterocycles. The summed E-state index contributed by atoms with van der Waals surface area (Å²) >= 11 is 0. The van der Waals surface area contributed by atoms with E-state index in [1.807, 2.05) is 12.4 Å². The molecule has 13 rings (SSSR count). The topological polar surface area (TPSA) is 43.8 Å². The number of hydrogen-bond acceptors (Lipinski definition) is 3. The van der Waals surface area contributed by atoms with Crippen LogP contribution in [0.1, 0.15) is 25.0 Å². The molecule has 1 aliphatic heterocycles. The molecule has 0 saturated heterocycles. The van der Waals surface area contributed by atoms with E-state index < -0.39 is 0 Å². The van der Waals surface area contributed by atoms with Crippen LogP contribution in [-0.2, 0) is 5.41 Å². The van der Waals surface area contributed by atoms with Crippen molar-refractivity contribution in [2.45, 2.75) is 19.3 Å². The minimum Gasteiger partial charge on any atom is -0.309 e. The Hall–Kier alpha value is -7.96. The molecule has 0 amide bonds. The fraction of sp³-hybridized carbons (Fsp3) is 0.0545. The summed E-state index contributed by atoms with van der Waals surface area (Å²) in [6.45, 7) is 4.61. The van der Waals surface area contributed by atoms with Crippen molar-refractivity contribution >= 4 is 82.6 Å². The summed E-state index contributed by atoms with van der Waals surface area (Å²) in [7, 11) is 0. The predicted molar refractivity (Wildman–Crippen MR) is 252 cm³/mol. The molecular formula is C55H38N6. The summed E-state index contributed by atoms with van der Waals surface area (Å²) in [6, 6.07) is 65.9. The molecule has 6 heteroatoms. The SMILES string of the molecule is CC1(C)c2ccccc2N(c2cc(-n3c4ccccc4c4ccccc43)cc(-n3c4ccccc4c4cc(-n5c6ccccc6c6ccccc65)ccc43)n2)c2cnccc21. The normalized spacial score (nSPS) is 13.5. The van der Waals surface area contributed by atoms with Crippen molar-refractivity contribution in [3.63, 3.8) is 0 Å². The first-order valence-corrected chi connectivity index (χ1v) is 20.9. The summed E-state index contributed by atoms with van der Waals surface area (Å²) in [6.07, 6.45) is 3.91. The number of hydrogen-bond donors (Lipinski definition) is 0. The Bertz CT molecular complexity index is 3610. The second-order valence-corrected chi connectivity index (χ2v) is 16.7. The first-order chi connectivity index (χ1) is 30.0. The van der Waals surface area contributed by atoms with Gasteiger partial charge in [0.2, 0.25) is 0 Å². The molecule has 6 nitrogen and oxygen atoms in total. The van der Waals surface area contributed by atoms with E-state index in [2.05, 4.69) is 214 Å². The number of benzene rings is 7. The zero-order chi connectivity index (χ0) is 40.4. The zero-order valence-corrected chi connectivity index (χ0v) is 33.7. The molecule has 0 unspecified atom stereocenters. The maximum Gasteiger partial charge on any atom is 0.142 e. The Kier molecular flexibility index (Phi) is 6.97. The molecule has 0 fully saturated rings. The third kappa shape index (κ3) is 4.73. The van der Waals surface area contributed by atoms with Crippen LogP contribution in [0.4, 0.5) is 17.2 Å². The largest absolute Gasteiger partial charge is 0.309 e. The number of pyridine rings is 2. The van der Waals surface area contributed by atoms with E-state index in [0.29, 0.717) is 0 Å². The van der Waals surface area contributed by atoms with Crippen molar-refractivity contribution < 1.29 is 0 Å². The maximum atomic E-state index is 5.71. The van der Waals surface area contributed by atoms with Crippen molar-refractivity contribution in [2.75, 3.05) is 4.90 Å². The number of nitrogens with zero attached hydrogens (tertiary/aromatic N) is 6. The van der Waals surface area contributed by atoms with E-state index in [0.717, 1.165) is 56.5 Å². The van der Waals surface area contributed by atoms with Gasteiger partial charge in [-0.3, -0.25) is 14.5 Å². The lowest BCUT2D eigenvalue weighted by Gasteiger charge is -2.41. The molecule has 12 aromatic rings. The van der Waals surface area contributed by atoms with Crippen LogP contribution in [0.3, 0.4) is 0 Å². The number of para-hydroxylation sites is 6. The molecule has 7 aromatic carbocycles. The van der Waals surface area contributed by atoms with Gasteiger partial charge in [0.05, 0.1) is 56.4 Å². The molecule has 0 atom stereocenters. The van der Waals surface area contributed by atoms with Crippen LogP contribution < -0.4 is 4.90 Å². The van der Waals surface area contributed by atoms with Gasteiger partial charge in [-0.1, -0.05) is 123 Å². The highest BCUT2D eigenvalue weighted by atomic mass is 15.2. The Labute approximate surface area is 351 Å². The van der Waals surface area contributed by atoms with E-state index in [1.54, 1.807) is 0 Å². The van der Waals surface area contributed by atoms with Crippen LogP contribution in [-0.4, -0.2) is 23.7 Å². The standard InChI is InChI=1S/C55H38N6/c1-55(2)43-20-8-14-26-51(43)61(52-34-56-30-29-44(52)55)54-33-36(59-47-23-11-5-17-39(47)40-18-6-12-24-48(40)59)32-53(57-54)60-49-25-13-7-19-41(49)42-31-35(27-28-50(42)60)58-45-21-9-3-15-37(45)38-16-4-10-22-46(38)58/h3-34H,1-2H3. The smallest absolute Gasteiger partial charge is 0.142 e. The lowest BCUT2D eigenvalue weighted by Crippen LogP contribution is -2.31. The molecular weight excluding hydrogens is 745 g/mol. The average molecular weight is 783 g/mol. The van der Waals surface area contributed by atoms with Crippen molar-refractivity contribution in [1.29, 1.82) is 0 Å². The third-order valence-corrected chi connectivity index (χ3v) is 13.1. The monoisotopic (exact) mass is 782 g/mol. The molecule has 61 heavy (non-hydrogen) atoms. The second kappa shape index (κ2) is 12.5. The summed E-state index contributed by atoms with van der Waals surface area (Å²) in [5.74, 6) is 1.65. The van der Waals surface area contributed by atoms with Gasteiger partial charge in [-0.25, -0.2) is 4.98 Å². The highest BCUT2D eigenvalue weighted by Gasteiger charge is 2.37. The molecule has 0 aliphatic carbocycles. The Morgan fingerprint density at radius 3 is 1.44 bits per heavy atom. The van der Waals surface area contributed by atoms with Gasteiger partial charge in [0.1, 0.15) is 11.6 Å². The average Bonchev–Trinajstić information content (AvgIpc) is 3.95. The summed E-state index contributed by atoms with van der Waals surface area (Å²) in [5, 5.41) is 7.27. The summed E-state index contributed by atoms with van der Waals surface area (Å²) in [5.41, 5.74) is 13.4. The number of aromatic nitrogens is 5. The van der Waals surface area contributed by atoms with Gasteiger partial charge in [0.15, 0.2) is 0 Å². The fourth-order valence-electron chi connectivity index (χ4n) is 10.4. The first kappa shape index (κ1) is 34.0. The zero-order valence-electron chi connectivity index (χ0n) is 33.7. The third-order valence-electron chi connectivity index (χ3n) is 13.1. The van der Waals surface area contributed by atoms with Gasteiger partial charge in [-0.15, -0.1) is 0 Å². The fourth-order valence-corrected chi connectivity index (χ4v) is 10.4. The van der Waals surface area contributed by atoms with E-state index in [-0.39, 0.29) is 5.41 Å². The van der Waals surface area contributed by atoms with Gasteiger partial charge in [0.25, 0.3) is 0 Å². The summed E-state index contributed by atoms with van der Waals surface area (Å²) in [4.78, 5) is 12.7. The Morgan fingerprint density at radius 1 is 0.377 bits per heavy atom.